The van der Waals surface area contributed by atoms with E-state index in [1.165, 1.54) is 31.4 Å². The summed E-state index contributed by atoms with van der Waals surface area (Å²) in [6.45, 7) is 0. The highest BCUT2D eigenvalue weighted by Crippen LogP contribution is 2.51. The van der Waals surface area contributed by atoms with E-state index >= 15 is 0 Å². The molecule has 1 fully saturated rings. The van der Waals surface area contributed by atoms with E-state index in [-0.39, 0.29) is 51.1 Å². The minimum absolute atomic E-state index is 0.00107. The first-order chi connectivity index (χ1) is 20.7. The number of hydrogen-bond acceptors (Lipinski definition) is 10. The predicted molar refractivity (Wildman–Crippen MR) is 159 cm³/mol. The van der Waals surface area contributed by atoms with Gasteiger partial charge >= 0.3 is 0 Å². The standard InChI is InChI=1S/C33H30O10/c1-39-18-6-4-16(5-7-18)26-13-24(37)32-25(38)15-28(41-3)30(33(32)43-26)21-12-19(40-2)8-9-20(21)27-14-23(36)31-22(35)10-17(34)11-29(31)42-27/h4-7,10-11,13-15,19-21,34-35,38H,8-9,12H2,1-3H3. The number of fused-ring (bicyclic) bond motifs is 2. The molecule has 3 atom stereocenters. The second kappa shape index (κ2) is 11.0. The van der Waals surface area contributed by atoms with Crippen molar-refractivity contribution in [1.82, 2.24) is 0 Å². The molecule has 0 spiro atoms. The van der Waals surface area contributed by atoms with Crippen LogP contribution in [-0.2, 0) is 4.74 Å². The van der Waals surface area contributed by atoms with Crippen molar-refractivity contribution in [2.24, 2.45) is 0 Å². The normalized spacial score (nSPS) is 18.6. The molecule has 10 nitrogen and oxygen atoms in total. The number of rotatable bonds is 6. The molecule has 0 aliphatic heterocycles. The van der Waals surface area contributed by atoms with Gasteiger partial charge in [0.2, 0.25) is 0 Å². The van der Waals surface area contributed by atoms with Gasteiger partial charge in [0.25, 0.3) is 0 Å². The van der Waals surface area contributed by atoms with Gasteiger partial charge in [0.15, 0.2) is 10.9 Å². The Labute approximate surface area is 245 Å². The molecule has 10 heteroatoms. The number of hydrogen-bond donors (Lipinski definition) is 3. The summed E-state index contributed by atoms with van der Waals surface area (Å²) in [5, 5.41) is 31.2. The van der Waals surface area contributed by atoms with Crippen LogP contribution in [0.4, 0.5) is 0 Å². The van der Waals surface area contributed by atoms with Crippen molar-refractivity contribution < 1.29 is 38.4 Å². The van der Waals surface area contributed by atoms with Crippen LogP contribution < -0.4 is 20.3 Å². The molecule has 0 radical (unpaired) electrons. The second-order valence-corrected chi connectivity index (χ2v) is 10.7. The molecule has 0 amide bonds. The first kappa shape index (κ1) is 28.2. The Hall–Kier alpha value is -4.96. The van der Waals surface area contributed by atoms with Gasteiger partial charge in [0.05, 0.1) is 20.3 Å². The number of methoxy groups -OCH3 is 3. The van der Waals surface area contributed by atoms with Crippen molar-refractivity contribution in [1.29, 1.82) is 0 Å². The molecule has 2 heterocycles. The molecule has 5 aromatic rings. The Morgan fingerprint density at radius 2 is 1.49 bits per heavy atom. The first-order valence-corrected chi connectivity index (χ1v) is 13.8. The van der Waals surface area contributed by atoms with Gasteiger partial charge in [0, 0.05) is 60.4 Å². The largest absolute Gasteiger partial charge is 0.508 e. The summed E-state index contributed by atoms with van der Waals surface area (Å²) >= 11 is 0. The Balaban J connectivity index is 1.60. The topological polar surface area (TPSA) is 149 Å². The van der Waals surface area contributed by atoms with Crippen LogP contribution in [0.25, 0.3) is 33.3 Å². The van der Waals surface area contributed by atoms with Crippen molar-refractivity contribution >= 4 is 21.9 Å². The van der Waals surface area contributed by atoms with Crippen LogP contribution in [-0.4, -0.2) is 42.8 Å². The average molecular weight is 587 g/mol. The molecule has 0 saturated heterocycles. The Morgan fingerprint density at radius 3 is 2.19 bits per heavy atom. The molecule has 222 valence electrons. The number of ether oxygens (including phenoxy) is 3. The Morgan fingerprint density at radius 1 is 0.767 bits per heavy atom. The fourth-order valence-electron chi connectivity index (χ4n) is 6.19. The van der Waals surface area contributed by atoms with Crippen LogP contribution >= 0.6 is 0 Å². The maximum absolute atomic E-state index is 13.5. The van der Waals surface area contributed by atoms with Crippen molar-refractivity contribution in [3.8, 4) is 40.1 Å². The van der Waals surface area contributed by atoms with Gasteiger partial charge in [-0.1, -0.05) is 0 Å². The summed E-state index contributed by atoms with van der Waals surface area (Å²) in [6.07, 6.45) is 1.49. The fourth-order valence-corrected chi connectivity index (χ4v) is 6.19. The van der Waals surface area contributed by atoms with Gasteiger partial charge in [-0.05, 0) is 43.5 Å². The molecular weight excluding hydrogens is 556 g/mol. The third-order valence-corrected chi connectivity index (χ3v) is 8.26. The maximum Gasteiger partial charge on any atom is 0.197 e. The third-order valence-electron chi connectivity index (χ3n) is 8.26. The molecule has 0 bridgehead atoms. The number of benzene rings is 3. The zero-order chi connectivity index (χ0) is 30.4. The first-order valence-electron chi connectivity index (χ1n) is 13.8. The van der Waals surface area contributed by atoms with Crippen LogP contribution in [0.2, 0.25) is 0 Å². The molecule has 2 aromatic heterocycles. The maximum atomic E-state index is 13.5. The van der Waals surface area contributed by atoms with Crippen LogP contribution in [0.1, 0.15) is 42.4 Å². The van der Waals surface area contributed by atoms with Crippen LogP contribution in [0.15, 0.2) is 73.0 Å². The summed E-state index contributed by atoms with van der Waals surface area (Å²) < 4.78 is 29.3. The Bertz CT molecular complexity index is 1950. The lowest BCUT2D eigenvalue weighted by molar-refractivity contribution is 0.0547. The fraction of sp³-hybridized carbons (Fsp3) is 0.273. The predicted octanol–water partition coefficient (Wildman–Crippen LogP) is 5.77. The molecule has 1 aliphatic rings. The van der Waals surface area contributed by atoms with Crippen LogP contribution in [0.3, 0.4) is 0 Å². The lowest BCUT2D eigenvalue weighted by atomic mass is 9.72. The highest BCUT2D eigenvalue weighted by Gasteiger charge is 2.39. The van der Waals surface area contributed by atoms with Gasteiger partial charge < -0.3 is 38.4 Å². The lowest BCUT2D eigenvalue weighted by Gasteiger charge is -2.36. The van der Waals surface area contributed by atoms with E-state index in [0.29, 0.717) is 47.6 Å². The molecular formula is C33H30O10. The molecule has 6 rings (SSSR count). The second-order valence-electron chi connectivity index (χ2n) is 10.7. The molecule has 3 N–H and O–H groups in total. The van der Waals surface area contributed by atoms with E-state index in [9.17, 15) is 24.9 Å². The van der Waals surface area contributed by atoms with E-state index in [2.05, 4.69) is 0 Å². The summed E-state index contributed by atoms with van der Waals surface area (Å²) in [4.78, 5) is 26.6. The van der Waals surface area contributed by atoms with E-state index in [4.69, 9.17) is 23.0 Å². The summed E-state index contributed by atoms with van der Waals surface area (Å²) in [6, 6.07) is 13.5. The van der Waals surface area contributed by atoms with Gasteiger partial charge in [-0.2, -0.15) is 0 Å². The molecule has 3 unspecified atom stereocenters. The van der Waals surface area contributed by atoms with E-state index in [1.54, 1.807) is 38.5 Å². The molecule has 43 heavy (non-hydrogen) atoms. The highest BCUT2D eigenvalue weighted by molar-refractivity contribution is 5.90. The quantitative estimate of drug-likeness (QED) is 0.224. The summed E-state index contributed by atoms with van der Waals surface area (Å²) in [7, 11) is 4.64. The smallest absolute Gasteiger partial charge is 0.197 e. The van der Waals surface area contributed by atoms with Crippen molar-refractivity contribution in [2.75, 3.05) is 21.3 Å². The molecule has 1 saturated carbocycles. The summed E-state index contributed by atoms with van der Waals surface area (Å²) in [5.41, 5.74) is 0.451. The van der Waals surface area contributed by atoms with E-state index in [0.717, 1.165) is 6.07 Å². The number of phenolic OH excluding ortho intramolecular Hbond substituents is 3. The van der Waals surface area contributed by atoms with Gasteiger partial charge in [0.1, 0.15) is 62.2 Å². The monoisotopic (exact) mass is 586 g/mol. The highest BCUT2D eigenvalue weighted by atomic mass is 16.5. The zero-order valence-corrected chi connectivity index (χ0v) is 23.7. The number of phenols is 3. The van der Waals surface area contributed by atoms with E-state index < -0.39 is 22.7 Å². The van der Waals surface area contributed by atoms with Gasteiger partial charge in [-0.15, -0.1) is 0 Å². The molecule has 1 aliphatic carbocycles. The Kier molecular flexibility index (Phi) is 7.23. The van der Waals surface area contributed by atoms with Crippen LogP contribution in [0, 0.1) is 0 Å². The summed E-state index contributed by atoms with van der Waals surface area (Å²) in [5.74, 6) is -0.220. The van der Waals surface area contributed by atoms with Crippen molar-refractivity contribution in [3.05, 3.63) is 86.4 Å². The van der Waals surface area contributed by atoms with Crippen molar-refractivity contribution in [3.63, 3.8) is 0 Å². The van der Waals surface area contributed by atoms with E-state index in [1.807, 2.05) is 0 Å². The average Bonchev–Trinajstić information content (AvgIpc) is 2.99. The van der Waals surface area contributed by atoms with Gasteiger partial charge in [-0.3, -0.25) is 9.59 Å². The number of aromatic hydroxyl groups is 3. The third kappa shape index (κ3) is 4.93. The van der Waals surface area contributed by atoms with Crippen molar-refractivity contribution in [2.45, 2.75) is 37.2 Å². The minimum atomic E-state index is -0.461. The minimum Gasteiger partial charge on any atom is -0.508 e. The lowest BCUT2D eigenvalue weighted by Crippen LogP contribution is -2.28. The molecule has 3 aromatic carbocycles. The van der Waals surface area contributed by atoms with Crippen LogP contribution in [0.5, 0.6) is 28.7 Å². The SMILES string of the molecule is COc1ccc(-c2cc(=O)c3c(O)cc(OC)c(C4CC(OC)CCC4c4cc(=O)c5c(O)cc(O)cc5o4)c3o2)cc1. The zero-order valence-electron chi connectivity index (χ0n) is 23.7. The van der Waals surface area contributed by atoms with Gasteiger partial charge in [-0.25, -0.2) is 0 Å².